The van der Waals surface area contributed by atoms with Crippen LogP contribution in [0.4, 0.5) is 0 Å². The van der Waals surface area contributed by atoms with E-state index in [1.54, 1.807) is 0 Å². The minimum absolute atomic E-state index is 0.551. The van der Waals surface area contributed by atoms with Crippen LogP contribution in [-0.2, 0) is 0 Å². The summed E-state index contributed by atoms with van der Waals surface area (Å²) in [5.74, 6) is 1.95. The van der Waals surface area contributed by atoms with Gasteiger partial charge in [0.15, 0.2) is 0 Å². The maximum atomic E-state index is 5.79. The summed E-state index contributed by atoms with van der Waals surface area (Å²) in [7, 11) is 0. The van der Waals surface area contributed by atoms with Crippen LogP contribution in [0.2, 0.25) is 0 Å². The van der Waals surface area contributed by atoms with E-state index in [0.717, 1.165) is 6.54 Å². The van der Waals surface area contributed by atoms with Gasteiger partial charge in [0.25, 0.3) is 0 Å². The van der Waals surface area contributed by atoms with Crippen molar-refractivity contribution in [3.63, 3.8) is 0 Å². The summed E-state index contributed by atoms with van der Waals surface area (Å²) in [5, 5.41) is 0. The third kappa shape index (κ3) is 1.89. The fourth-order valence-electron chi connectivity index (χ4n) is 3.18. The van der Waals surface area contributed by atoms with Crippen molar-refractivity contribution in [2.24, 2.45) is 16.6 Å². The van der Waals surface area contributed by atoms with E-state index in [2.05, 4.69) is 25.7 Å². The zero-order valence-corrected chi connectivity index (χ0v) is 10.1. The number of hydrogen-bond acceptors (Lipinski definition) is 3. The molecule has 0 bridgehead atoms. The van der Waals surface area contributed by atoms with E-state index in [-0.39, 0.29) is 0 Å². The Bertz CT molecular complexity index is 260. The summed E-state index contributed by atoms with van der Waals surface area (Å²) >= 11 is 0. The van der Waals surface area contributed by atoms with Gasteiger partial charge in [0.05, 0.1) is 17.9 Å². The predicted octanol–water partition coefficient (Wildman–Crippen LogP) is 1.62. The van der Waals surface area contributed by atoms with Gasteiger partial charge >= 0.3 is 0 Å². The molecule has 86 valence electrons. The molecule has 1 heterocycles. The van der Waals surface area contributed by atoms with Crippen molar-refractivity contribution in [2.45, 2.75) is 58.2 Å². The van der Waals surface area contributed by atoms with Gasteiger partial charge in [0, 0.05) is 6.04 Å². The third-order valence-electron chi connectivity index (χ3n) is 3.86. The van der Waals surface area contributed by atoms with Crippen molar-refractivity contribution in [1.82, 2.24) is 4.90 Å². The van der Waals surface area contributed by atoms with Crippen molar-refractivity contribution in [3.8, 4) is 0 Å². The molecule has 0 aromatic rings. The Kier molecular flexibility index (Phi) is 3.01. The van der Waals surface area contributed by atoms with Gasteiger partial charge < -0.3 is 10.6 Å². The molecule has 1 aliphatic carbocycles. The van der Waals surface area contributed by atoms with Gasteiger partial charge in [-0.05, 0) is 52.5 Å². The SMILES string of the molecule is CC1=NC2CCC(CN)CC2N1C(C)C. The highest BCUT2D eigenvalue weighted by molar-refractivity contribution is 5.82. The summed E-state index contributed by atoms with van der Waals surface area (Å²) < 4.78 is 0. The molecule has 0 amide bonds. The molecule has 1 aliphatic heterocycles. The van der Waals surface area contributed by atoms with E-state index >= 15 is 0 Å². The molecule has 2 N–H and O–H groups in total. The second kappa shape index (κ2) is 4.12. The highest BCUT2D eigenvalue weighted by Gasteiger charge is 2.39. The smallest absolute Gasteiger partial charge is 0.0967 e. The fraction of sp³-hybridized carbons (Fsp3) is 0.917. The first kappa shape index (κ1) is 10.9. The van der Waals surface area contributed by atoms with Crippen LogP contribution in [0.1, 0.15) is 40.0 Å². The summed E-state index contributed by atoms with van der Waals surface area (Å²) in [6.45, 7) is 7.50. The summed E-state index contributed by atoms with van der Waals surface area (Å²) in [4.78, 5) is 7.28. The highest BCUT2D eigenvalue weighted by Crippen LogP contribution is 2.34. The molecule has 1 fully saturated rings. The normalized spacial score (nSPS) is 35.7. The van der Waals surface area contributed by atoms with Crippen LogP contribution in [-0.4, -0.2) is 35.4 Å². The molecule has 0 aromatic heterocycles. The maximum Gasteiger partial charge on any atom is 0.0967 e. The average molecular weight is 209 g/mol. The lowest BCUT2D eigenvalue weighted by molar-refractivity contribution is 0.176. The first-order valence-electron chi connectivity index (χ1n) is 6.16. The third-order valence-corrected chi connectivity index (χ3v) is 3.86. The Morgan fingerprint density at radius 3 is 2.80 bits per heavy atom. The van der Waals surface area contributed by atoms with E-state index in [0.29, 0.717) is 24.0 Å². The minimum atomic E-state index is 0.551. The van der Waals surface area contributed by atoms with Gasteiger partial charge in [-0.1, -0.05) is 0 Å². The maximum absolute atomic E-state index is 5.79. The van der Waals surface area contributed by atoms with Gasteiger partial charge in [-0.15, -0.1) is 0 Å². The van der Waals surface area contributed by atoms with Gasteiger partial charge in [0.2, 0.25) is 0 Å². The minimum Gasteiger partial charge on any atom is -0.353 e. The molecule has 0 saturated heterocycles. The number of nitrogens with zero attached hydrogens (tertiary/aromatic N) is 2. The van der Waals surface area contributed by atoms with Crippen LogP contribution in [0.15, 0.2) is 4.99 Å². The lowest BCUT2D eigenvalue weighted by atomic mass is 9.82. The number of hydrogen-bond donors (Lipinski definition) is 1. The zero-order valence-electron chi connectivity index (χ0n) is 10.1. The van der Waals surface area contributed by atoms with Crippen molar-refractivity contribution in [3.05, 3.63) is 0 Å². The zero-order chi connectivity index (χ0) is 11.0. The number of nitrogens with two attached hydrogens (primary N) is 1. The van der Waals surface area contributed by atoms with Crippen LogP contribution in [0, 0.1) is 5.92 Å². The van der Waals surface area contributed by atoms with Crippen molar-refractivity contribution >= 4 is 5.84 Å². The van der Waals surface area contributed by atoms with E-state index in [1.165, 1.54) is 25.1 Å². The molecule has 0 radical (unpaired) electrons. The van der Waals surface area contributed by atoms with Crippen molar-refractivity contribution < 1.29 is 0 Å². The molecule has 1 saturated carbocycles. The number of amidine groups is 1. The van der Waals surface area contributed by atoms with Crippen LogP contribution in [0.5, 0.6) is 0 Å². The Labute approximate surface area is 92.7 Å². The highest BCUT2D eigenvalue weighted by atomic mass is 15.3. The molecule has 3 heteroatoms. The molecule has 0 spiro atoms. The van der Waals surface area contributed by atoms with Crippen LogP contribution in [0.3, 0.4) is 0 Å². The number of fused-ring (bicyclic) bond motifs is 1. The Hall–Kier alpha value is -0.570. The van der Waals surface area contributed by atoms with Gasteiger partial charge in [-0.25, -0.2) is 0 Å². The molecule has 2 rings (SSSR count). The standard InChI is InChI=1S/C12H23N3/c1-8(2)15-9(3)14-11-5-4-10(7-13)6-12(11)15/h8,10-12H,4-7,13H2,1-3H3. The monoisotopic (exact) mass is 209 g/mol. The van der Waals surface area contributed by atoms with Gasteiger partial charge in [-0.3, -0.25) is 4.99 Å². The molecular weight excluding hydrogens is 186 g/mol. The predicted molar refractivity (Wildman–Crippen MR) is 64.1 cm³/mol. The van der Waals surface area contributed by atoms with Crippen LogP contribution >= 0.6 is 0 Å². The van der Waals surface area contributed by atoms with E-state index in [9.17, 15) is 0 Å². The molecule has 3 atom stereocenters. The van der Waals surface area contributed by atoms with E-state index in [4.69, 9.17) is 10.7 Å². The van der Waals surface area contributed by atoms with Crippen LogP contribution in [0.25, 0.3) is 0 Å². The fourth-order valence-corrected chi connectivity index (χ4v) is 3.18. The summed E-state index contributed by atoms with van der Waals surface area (Å²) in [5.41, 5.74) is 5.79. The van der Waals surface area contributed by atoms with Gasteiger partial charge in [0.1, 0.15) is 0 Å². The second-order valence-electron chi connectivity index (χ2n) is 5.23. The van der Waals surface area contributed by atoms with E-state index < -0.39 is 0 Å². The molecule has 0 aromatic carbocycles. The van der Waals surface area contributed by atoms with Crippen LogP contribution < -0.4 is 5.73 Å². The topological polar surface area (TPSA) is 41.6 Å². The Morgan fingerprint density at radius 2 is 2.20 bits per heavy atom. The second-order valence-corrected chi connectivity index (χ2v) is 5.23. The Morgan fingerprint density at radius 1 is 1.47 bits per heavy atom. The first-order valence-corrected chi connectivity index (χ1v) is 6.16. The largest absolute Gasteiger partial charge is 0.353 e. The van der Waals surface area contributed by atoms with E-state index in [1.807, 2.05) is 0 Å². The first-order chi connectivity index (χ1) is 7.13. The molecule has 15 heavy (non-hydrogen) atoms. The van der Waals surface area contributed by atoms with Gasteiger partial charge in [-0.2, -0.15) is 0 Å². The quantitative estimate of drug-likeness (QED) is 0.751. The van der Waals surface area contributed by atoms with Crippen molar-refractivity contribution in [1.29, 1.82) is 0 Å². The lowest BCUT2D eigenvalue weighted by Crippen LogP contribution is -2.47. The number of rotatable bonds is 2. The lowest BCUT2D eigenvalue weighted by Gasteiger charge is -2.38. The van der Waals surface area contributed by atoms with Crippen molar-refractivity contribution in [2.75, 3.05) is 6.54 Å². The molecular formula is C12H23N3. The Balaban J connectivity index is 2.11. The molecule has 3 unspecified atom stereocenters. The average Bonchev–Trinajstić information content (AvgIpc) is 2.52. The summed E-state index contributed by atoms with van der Waals surface area (Å²) in [6, 6.07) is 1.75. The summed E-state index contributed by atoms with van der Waals surface area (Å²) in [6.07, 6.45) is 3.73. The molecule has 3 nitrogen and oxygen atoms in total. The number of aliphatic imine (C=N–C) groups is 1. The molecule has 2 aliphatic rings.